The molecule has 3 amide bonds. The van der Waals surface area contributed by atoms with Gasteiger partial charge in [0.2, 0.25) is 0 Å². The van der Waals surface area contributed by atoms with Gasteiger partial charge < -0.3 is 25.0 Å². The van der Waals surface area contributed by atoms with Crippen molar-refractivity contribution >= 4 is 34.9 Å². The second kappa shape index (κ2) is 13.0. The number of pyridine rings is 1. The molecule has 3 rings (SSSR count). The summed E-state index contributed by atoms with van der Waals surface area (Å²) < 4.78 is 51.5. The first kappa shape index (κ1) is 29.3. The van der Waals surface area contributed by atoms with Gasteiger partial charge in [0, 0.05) is 38.0 Å². The van der Waals surface area contributed by atoms with Crippen LogP contribution in [0.4, 0.5) is 29.3 Å². The molecule has 0 aliphatic rings. The van der Waals surface area contributed by atoms with Gasteiger partial charge in [-0.2, -0.15) is 13.2 Å². The Kier molecular flexibility index (Phi) is 9.79. The second-order valence-electron chi connectivity index (χ2n) is 8.27. The first-order valence-electron chi connectivity index (χ1n) is 11.4. The van der Waals surface area contributed by atoms with E-state index in [4.69, 9.17) is 21.1 Å². The highest BCUT2D eigenvalue weighted by molar-refractivity contribution is 6.31. The smallest absolute Gasteiger partial charge is 0.417 e. The average molecular weight is 567 g/mol. The number of hydrogen-bond acceptors (Lipinski definition) is 7. The van der Waals surface area contributed by atoms with E-state index in [0.29, 0.717) is 29.8 Å². The third kappa shape index (κ3) is 8.65. The molecule has 3 aromatic rings. The van der Waals surface area contributed by atoms with Crippen molar-refractivity contribution in [3.8, 4) is 17.2 Å². The predicted octanol–water partition coefficient (Wildman–Crippen LogP) is 4.99. The maximum atomic E-state index is 13.4. The highest BCUT2D eigenvalue weighted by Crippen LogP contribution is 2.40. The molecule has 0 saturated heterocycles. The van der Waals surface area contributed by atoms with Crippen molar-refractivity contribution in [1.29, 1.82) is 0 Å². The van der Waals surface area contributed by atoms with E-state index in [1.807, 2.05) is 4.90 Å². The lowest BCUT2D eigenvalue weighted by molar-refractivity contribution is -0.137. The van der Waals surface area contributed by atoms with Crippen LogP contribution in [0.1, 0.15) is 16.1 Å². The molecule has 4 N–H and O–H groups in total. The van der Waals surface area contributed by atoms with E-state index in [1.165, 1.54) is 19.3 Å². The summed E-state index contributed by atoms with van der Waals surface area (Å²) in [5.41, 5.74) is 4.23. The maximum Gasteiger partial charge on any atom is 0.417 e. The topological polar surface area (TPSA) is 117 Å². The Morgan fingerprint density at radius 1 is 1.08 bits per heavy atom. The highest BCUT2D eigenvalue weighted by atomic mass is 35.5. The van der Waals surface area contributed by atoms with Crippen LogP contribution in [0.15, 0.2) is 54.7 Å². The lowest BCUT2D eigenvalue weighted by atomic mass is 10.1. The number of ether oxygens (including phenoxy) is 2. The van der Waals surface area contributed by atoms with Crippen LogP contribution < -0.4 is 31.0 Å². The molecule has 0 radical (unpaired) electrons. The quantitative estimate of drug-likeness (QED) is 0.255. The fourth-order valence-corrected chi connectivity index (χ4v) is 3.37. The van der Waals surface area contributed by atoms with Gasteiger partial charge in [-0.3, -0.25) is 20.6 Å². The van der Waals surface area contributed by atoms with Gasteiger partial charge in [-0.15, -0.1) is 0 Å². The molecule has 0 atom stereocenters. The summed E-state index contributed by atoms with van der Waals surface area (Å²) in [6.07, 6.45) is -3.31. The Morgan fingerprint density at radius 3 is 2.51 bits per heavy atom. The zero-order chi connectivity index (χ0) is 28.6. The number of likely N-dealkylation sites (N-methyl/N-ethyl adjacent to an activating group) is 1. The van der Waals surface area contributed by atoms with Crippen LogP contribution in [0.25, 0.3) is 0 Å². The molecular weight excluding hydrogens is 541 g/mol. The van der Waals surface area contributed by atoms with Crippen molar-refractivity contribution < 1.29 is 32.2 Å². The van der Waals surface area contributed by atoms with Crippen molar-refractivity contribution in [2.75, 3.05) is 45.0 Å². The van der Waals surface area contributed by atoms with Gasteiger partial charge in [0.25, 0.3) is 5.91 Å². The van der Waals surface area contributed by atoms with Gasteiger partial charge in [0.1, 0.15) is 29.5 Å². The Labute approximate surface area is 227 Å². The van der Waals surface area contributed by atoms with Gasteiger partial charge in [-0.1, -0.05) is 17.7 Å². The summed E-state index contributed by atoms with van der Waals surface area (Å²) in [6.45, 7) is 0.634. The van der Waals surface area contributed by atoms with Crippen LogP contribution >= 0.6 is 11.6 Å². The summed E-state index contributed by atoms with van der Waals surface area (Å²) in [4.78, 5) is 30.1. The minimum absolute atomic E-state index is 0.0196. The SMILES string of the molecule is CNC(=O)c1cc(Oc2cccc(NNC(=O)Nc3cc(C(F)(F)F)c(Cl)cc3OCCN(C)C)c2)ccn1. The number of halogens is 4. The molecule has 0 aliphatic heterocycles. The van der Waals surface area contributed by atoms with Crippen LogP contribution in [0.5, 0.6) is 17.2 Å². The number of benzene rings is 2. The summed E-state index contributed by atoms with van der Waals surface area (Å²) in [7, 11) is 5.10. The largest absolute Gasteiger partial charge is 0.490 e. The number of urea groups is 1. The van der Waals surface area contributed by atoms with E-state index < -0.39 is 22.8 Å². The molecule has 10 nitrogen and oxygen atoms in total. The number of rotatable bonds is 10. The molecule has 1 heterocycles. The Bertz CT molecular complexity index is 1320. The Morgan fingerprint density at radius 2 is 1.82 bits per heavy atom. The number of hydrogen-bond donors (Lipinski definition) is 4. The molecule has 0 saturated carbocycles. The fourth-order valence-electron chi connectivity index (χ4n) is 3.11. The molecule has 14 heteroatoms. The van der Waals surface area contributed by atoms with Crippen LogP contribution in [0.3, 0.4) is 0 Å². The molecular formula is C25H26ClF3N6O4. The number of alkyl halides is 3. The summed E-state index contributed by atoms with van der Waals surface area (Å²) in [5, 5.41) is 4.27. The minimum Gasteiger partial charge on any atom is -0.490 e. The van der Waals surface area contributed by atoms with Crippen LogP contribution in [-0.2, 0) is 6.18 Å². The minimum atomic E-state index is -4.74. The van der Waals surface area contributed by atoms with Gasteiger partial charge in [0.15, 0.2) is 0 Å². The maximum absolute atomic E-state index is 13.4. The van der Waals surface area contributed by atoms with E-state index in [2.05, 4.69) is 26.5 Å². The molecule has 0 unspecified atom stereocenters. The third-order valence-corrected chi connectivity index (χ3v) is 5.31. The van der Waals surface area contributed by atoms with E-state index in [0.717, 1.165) is 6.07 Å². The molecule has 208 valence electrons. The molecule has 0 fully saturated rings. The van der Waals surface area contributed by atoms with Crippen molar-refractivity contribution in [1.82, 2.24) is 20.6 Å². The average Bonchev–Trinajstić information content (AvgIpc) is 2.88. The van der Waals surface area contributed by atoms with Crippen molar-refractivity contribution in [2.24, 2.45) is 0 Å². The Balaban J connectivity index is 1.69. The van der Waals surface area contributed by atoms with E-state index in [1.54, 1.807) is 44.4 Å². The van der Waals surface area contributed by atoms with E-state index in [9.17, 15) is 22.8 Å². The number of carbonyl (C=O) groups excluding carboxylic acids is 2. The van der Waals surface area contributed by atoms with Gasteiger partial charge in [-0.05, 0) is 38.4 Å². The first-order valence-corrected chi connectivity index (χ1v) is 11.8. The van der Waals surface area contributed by atoms with Gasteiger partial charge in [0.05, 0.1) is 22.0 Å². The monoisotopic (exact) mass is 566 g/mol. The summed E-state index contributed by atoms with van der Waals surface area (Å²) in [5.74, 6) is 0.339. The number of anilines is 2. The van der Waals surface area contributed by atoms with E-state index in [-0.39, 0.29) is 29.6 Å². The fraction of sp³-hybridized carbons (Fsp3) is 0.240. The summed E-state index contributed by atoms with van der Waals surface area (Å²) >= 11 is 5.82. The molecule has 2 aromatic carbocycles. The lowest BCUT2D eigenvalue weighted by Crippen LogP contribution is -2.33. The standard InChI is InChI=1S/C25H26ClF3N6O4/c1-30-23(36)21-12-17(7-8-31-21)39-16-6-4-5-15(11-16)33-34-24(37)32-20-13-18(25(27,28)29)19(26)14-22(20)38-10-9-35(2)3/h4-8,11-14,33H,9-10H2,1-3H3,(H,30,36)(H2,32,34,37). The molecule has 0 aliphatic carbocycles. The Hall–Kier alpha value is -4.23. The zero-order valence-corrected chi connectivity index (χ0v) is 21.9. The zero-order valence-electron chi connectivity index (χ0n) is 21.1. The van der Waals surface area contributed by atoms with Gasteiger partial charge in [-0.25, -0.2) is 4.79 Å². The van der Waals surface area contributed by atoms with Crippen molar-refractivity contribution in [2.45, 2.75) is 6.18 Å². The molecule has 0 spiro atoms. The van der Waals surface area contributed by atoms with Crippen LogP contribution in [-0.4, -0.2) is 56.1 Å². The highest BCUT2D eigenvalue weighted by Gasteiger charge is 2.34. The number of amides is 3. The molecule has 39 heavy (non-hydrogen) atoms. The molecule has 1 aromatic heterocycles. The predicted molar refractivity (Wildman–Crippen MR) is 140 cm³/mol. The molecule has 0 bridgehead atoms. The lowest BCUT2D eigenvalue weighted by Gasteiger charge is -2.18. The number of nitrogens with one attached hydrogen (secondary N) is 4. The van der Waals surface area contributed by atoms with Crippen molar-refractivity contribution in [3.05, 3.63) is 71.0 Å². The number of hydrazine groups is 1. The summed E-state index contributed by atoms with van der Waals surface area (Å²) in [6, 6.07) is 10.4. The third-order valence-electron chi connectivity index (χ3n) is 5.00. The van der Waals surface area contributed by atoms with E-state index >= 15 is 0 Å². The van der Waals surface area contributed by atoms with Gasteiger partial charge >= 0.3 is 12.2 Å². The van der Waals surface area contributed by atoms with Crippen LogP contribution in [0.2, 0.25) is 5.02 Å². The second-order valence-corrected chi connectivity index (χ2v) is 8.67. The first-order chi connectivity index (χ1) is 18.5. The normalized spacial score (nSPS) is 11.1. The van der Waals surface area contributed by atoms with Crippen molar-refractivity contribution in [3.63, 3.8) is 0 Å². The number of carbonyl (C=O) groups is 2. The number of aromatic nitrogens is 1. The number of nitrogens with zero attached hydrogens (tertiary/aromatic N) is 2. The van der Waals surface area contributed by atoms with Crippen LogP contribution in [0, 0.1) is 0 Å².